The number of carbonyl (C=O) groups excluding carboxylic acids is 1. The number of aromatic amines is 1. The zero-order valence-electron chi connectivity index (χ0n) is 5.78. The van der Waals surface area contributed by atoms with E-state index in [1.807, 2.05) is 0 Å². The molecule has 0 fully saturated rings. The lowest BCUT2D eigenvalue weighted by molar-refractivity contribution is -0.109. The molecule has 0 aliphatic carbocycles. The first-order chi connectivity index (χ1) is 5.24. The van der Waals surface area contributed by atoms with Crippen LogP contribution >= 0.6 is 0 Å². The van der Waals surface area contributed by atoms with Crippen LogP contribution < -0.4 is 11.3 Å². The summed E-state index contributed by atoms with van der Waals surface area (Å²) in [6.45, 7) is 0. The molecule has 11 heavy (non-hydrogen) atoms. The van der Waals surface area contributed by atoms with Crippen molar-refractivity contribution in [3.63, 3.8) is 0 Å². The molecule has 1 rings (SSSR count). The zero-order chi connectivity index (χ0) is 8.27. The Balaban J connectivity index is 2.98. The Morgan fingerprint density at radius 2 is 2.27 bits per heavy atom. The van der Waals surface area contributed by atoms with Crippen LogP contribution in [0.15, 0.2) is 23.1 Å². The highest BCUT2D eigenvalue weighted by Gasteiger charge is 2.01. The van der Waals surface area contributed by atoms with Crippen molar-refractivity contribution in [3.8, 4) is 0 Å². The molecule has 0 bridgehead atoms. The Labute approximate surface area is 63.0 Å². The van der Waals surface area contributed by atoms with E-state index in [1.54, 1.807) is 0 Å². The van der Waals surface area contributed by atoms with Crippen molar-refractivity contribution in [2.75, 3.05) is 0 Å². The minimum atomic E-state index is -0.646. The first-order valence-electron chi connectivity index (χ1n) is 3.13. The average Bonchev–Trinajstić information content (AvgIpc) is 2.05. The van der Waals surface area contributed by atoms with Gasteiger partial charge in [-0.25, -0.2) is 0 Å². The monoisotopic (exact) mass is 152 g/mol. The number of aldehydes is 1. The molecule has 0 spiro atoms. The van der Waals surface area contributed by atoms with Crippen LogP contribution in [0.4, 0.5) is 0 Å². The van der Waals surface area contributed by atoms with E-state index in [2.05, 4.69) is 4.98 Å². The molecule has 0 aliphatic rings. The third-order valence-corrected chi connectivity index (χ3v) is 1.34. The van der Waals surface area contributed by atoms with E-state index in [0.29, 0.717) is 11.8 Å². The lowest BCUT2D eigenvalue weighted by Gasteiger charge is -2.00. The third-order valence-electron chi connectivity index (χ3n) is 1.34. The molecule has 1 atom stereocenters. The Kier molecular flexibility index (Phi) is 2.18. The fraction of sp³-hybridized carbons (Fsp3) is 0.143. The fourth-order valence-electron chi connectivity index (χ4n) is 0.709. The zero-order valence-corrected chi connectivity index (χ0v) is 5.78. The van der Waals surface area contributed by atoms with Gasteiger partial charge in [0.1, 0.15) is 6.29 Å². The highest BCUT2D eigenvalue weighted by molar-refractivity contribution is 5.60. The van der Waals surface area contributed by atoms with Gasteiger partial charge in [-0.15, -0.1) is 0 Å². The summed E-state index contributed by atoms with van der Waals surface area (Å²) in [7, 11) is 0. The van der Waals surface area contributed by atoms with Gasteiger partial charge in [0, 0.05) is 12.3 Å². The number of aromatic nitrogens is 1. The molecule has 58 valence electrons. The molecule has 1 aromatic rings. The Morgan fingerprint density at radius 1 is 1.55 bits per heavy atom. The molecule has 0 radical (unpaired) electrons. The van der Waals surface area contributed by atoms with E-state index >= 15 is 0 Å². The highest BCUT2D eigenvalue weighted by atomic mass is 16.1. The SMILES string of the molecule is NC(C=O)c1ccc(=O)[nH]c1. The van der Waals surface area contributed by atoms with Gasteiger partial charge in [0.25, 0.3) is 0 Å². The summed E-state index contributed by atoms with van der Waals surface area (Å²) in [4.78, 5) is 23.1. The molecule has 1 heterocycles. The lowest BCUT2D eigenvalue weighted by Crippen LogP contribution is -2.13. The van der Waals surface area contributed by atoms with Crippen molar-refractivity contribution in [3.05, 3.63) is 34.2 Å². The molecular weight excluding hydrogens is 144 g/mol. The standard InChI is InChI=1S/C7H8N2O2/c8-6(4-10)5-1-2-7(11)9-3-5/h1-4,6H,8H2,(H,9,11). The van der Waals surface area contributed by atoms with E-state index in [-0.39, 0.29) is 5.56 Å². The molecule has 4 heteroatoms. The van der Waals surface area contributed by atoms with Crippen molar-refractivity contribution in [1.82, 2.24) is 4.98 Å². The van der Waals surface area contributed by atoms with Gasteiger partial charge in [0.05, 0.1) is 6.04 Å². The molecular formula is C7H8N2O2. The molecule has 0 aliphatic heterocycles. The first-order valence-corrected chi connectivity index (χ1v) is 3.13. The quantitative estimate of drug-likeness (QED) is 0.565. The summed E-state index contributed by atoms with van der Waals surface area (Å²) in [5.41, 5.74) is 5.76. The van der Waals surface area contributed by atoms with Crippen LogP contribution in [0, 0.1) is 0 Å². The number of hydrogen-bond donors (Lipinski definition) is 2. The van der Waals surface area contributed by atoms with Crippen molar-refractivity contribution in [2.45, 2.75) is 6.04 Å². The summed E-state index contributed by atoms with van der Waals surface area (Å²) in [6.07, 6.45) is 2.05. The maximum absolute atomic E-state index is 10.5. The van der Waals surface area contributed by atoms with Crippen molar-refractivity contribution in [1.29, 1.82) is 0 Å². The average molecular weight is 152 g/mol. The predicted molar refractivity (Wildman–Crippen MR) is 40.1 cm³/mol. The van der Waals surface area contributed by atoms with Crippen molar-refractivity contribution >= 4 is 6.29 Å². The summed E-state index contributed by atoms with van der Waals surface area (Å²) < 4.78 is 0. The molecule has 1 aromatic heterocycles. The Morgan fingerprint density at radius 3 is 2.73 bits per heavy atom. The molecule has 3 N–H and O–H groups in total. The van der Waals surface area contributed by atoms with Gasteiger partial charge in [0.15, 0.2) is 0 Å². The fourth-order valence-corrected chi connectivity index (χ4v) is 0.709. The smallest absolute Gasteiger partial charge is 0.247 e. The van der Waals surface area contributed by atoms with Gasteiger partial charge in [-0.1, -0.05) is 6.07 Å². The van der Waals surface area contributed by atoms with E-state index < -0.39 is 6.04 Å². The normalized spacial score (nSPS) is 12.5. The number of pyridine rings is 1. The van der Waals surface area contributed by atoms with Gasteiger partial charge in [-0.3, -0.25) is 4.79 Å². The van der Waals surface area contributed by atoms with Crippen LogP contribution in [0.25, 0.3) is 0 Å². The van der Waals surface area contributed by atoms with Crippen LogP contribution in [0.2, 0.25) is 0 Å². The molecule has 0 saturated carbocycles. The molecule has 0 saturated heterocycles. The highest BCUT2D eigenvalue weighted by Crippen LogP contribution is 2.01. The number of rotatable bonds is 2. The van der Waals surface area contributed by atoms with Crippen molar-refractivity contribution in [2.24, 2.45) is 5.73 Å². The third kappa shape index (κ3) is 1.75. The molecule has 0 amide bonds. The second kappa shape index (κ2) is 3.12. The lowest BCUT2D eigenvalue weighted by atomic mass is 10.1. The Hall–Kier alpha value is -1.42. The molecule has 0 aromatic carbocycles. The molecule has 1 unspecified atom stereocenters. The van der Waals surface area contributed by atoms with Gasteiger partial charge in [-0.05, 0) is 5.56 Å². The van der Waals surface area contributed by atoms with Crippen LogP contribution in [-0.2, 0) is 4.79 Å². The summed E-state index contributed by atoms with van der Waals surface area (Å²) >= 11 is 0. The second-order valence-electron chi connectivity index (χ2n) is 2.15. The van der Waals surface area contributed by atoms with Crippen molar-refractivity contribution < 1.29 is 4.79 Å². The van der Waals surface area contributed by atoms with Crippen LogP contribution in [0.5, 0.6) is 0 Å². The number of nitrogens with two attached hydrogens (primary N) is 1. The number of nitrogens with one attached hydrogen (secondary N) is 1. The summed E-state index contributed by atoms with van der Waals surface area (Å²) in [5, 5.41) is 0. The van der Waals surface area contributed by atoms with E-state index in [0.717, 1.165) is 0 Å². The van der Waals surface area contributed by atoms with Crippen LogP contribution in [-0.4, -0.2) is 11.3 Å². The minimum Gasteiger partial charge on any atom is -0.329 e. The van der Waals surface area contributed by atoms with Gasteiger partial charge in [-0.2, -0.15) is 0 Å². The van der Waals surface area contributed by atoms with E-state index in [9.17, 15) is 9.59 Å². The van der Waals surface area contributed by atoms with Gasteiger partial charge in [0.2, 0.25) is 5.56 Å². The van der Waals surface area contributed by atoms with Gasteiger partial charge < -0.3 is 15.5 Å². The van der Waals surface area contributed by atoms with Crippen LogP contribution in [0.1, 0.15) is 11.6 Å². The summed E-state index contributed by atoms with van der Waals surface area (Å²) in [5.74, 6) is 0. The largest absolute Gasteiger partial charge is 0.329 e. The second-order valence-corrected chi connectivity index (χ2v) is 2.15. The Bertz CT molecular complexity index is 285. The predicted octanol–water partition coefficient (Wildman–Crippen LogP) is -0.426. The maximum Gasteiger partial charge on any atom is 0.247 e. The number of hydrogen-bond acceptors (Lipinski definition) is 3. The van der Waals surface area contributed by atoms with E-state index in [4.69, 9.17) is 5.73 Å². The van der Waals surface area contributed by atoms with Crippen LogP contribution in [0.3, 0.4) is 0 Å². The maximum atomic E-state index is 10.5. The topological polar surface area (TPSA) is 76.0 Å². The van der Waals surface area contributed by atoms with Gasteiger partial charge >= 0.3 is 0 Å². The summed E-state index contributed by atoms with van der Waals surface area (Å²) in [6, 6.07) is 2.21. The molecule has 4 nitrogen and oxygen atoms in total. The number of H-pyrrole nitrogens is 1. The number of carbonyl (C=O) groups is 1. The van der Waals surface area contributed by atoms with E-state index in [1.165, 1.54) is 18.3 Å². The minimum absolute atomic E-state index is 0.202. The first kappa shape index (κ1) is 7.68.